The Labute approximate surface area is 98.7 Å². The summed E-state index contributed by atoms with van der Waals surface area (Å²) in [6, 6.07) is 8.68. The highest BCUT2D eigenvalue weighted by atomic mass is 32.2. The summed E-state index contributed by atoms with van der Waals surface area (Å²) >= 11 is 3.86. The van der Waals surface area contributed by atoms with E-state index in [2.05, 4.69) is 31.2 Å². The number of fused-ring (bicyclic) bond motifs is 1. The topological polar surface area (TPSA) is 26.0 Å². The summed E-state index contributed by atoms with van der Waals surface area (Å²) < 4.78 is 1.37. The standard InChI is InChI=1S/C12H15NS2/c1-2-14-8-11-6-9-4-3-5-10(7-13)12(9)15-11/h3-6H,2,7-8,13H2,1H3. The lowest BCUT2D eigenvalue weighted by molar-refractivity contribution is 1.09. The van der Waals surface area contributed by atoms with Crippen molar-refractivity contribution in [1.82, 2.24) is 0 Å². The van der Waals surface area contributed by atoms with Gasteiger partial charge in [0.25, 0.3) is 0 Å². The molecule has 0 aliphatic rings. The third kappa shape index (κ3) is 2.36. The Morgan fingerprint density at radius 1 is 1.40 bits per heavy atom. The molecule has 15 heavy (non-hydrogen) atoms. The zero-order valence-corrected chi connectivity index (χ0v) is 10.5. The molecule has 2 rings (SSSR count). The molecule has 1 nitrogen and oxygen atoms in total. The molecule has 0 spiro atoms. The third-order valence-electron chi connectivity index (χ3n) is 2.35. The molecule has 0 fully saturated rings. The van der Waals surface area contributed by atoms with Gasteiger partial charge in [-0.15, -0.1) is 11.3 Å². The Bertz CT molecular complexity index is 448. The fraction of sp³-hybridized carbons (Fsp3) is 0.333. The van der Waals surface area contributed by atoms with Gasteiger partial charge < -0.3 is 5.73 Å². The van der Waals surface area contributed by atoms with Crippen molar-refractivity contribution in [3.63, 3.8) is 0 Å². The van der Waals surface area contributed by atoms with E-state index in [0.29, 0.717) is 6.54 Å². The number of nitrogens with two attached hydrogens (primary N) is 1. The van der Waals surface area contributed by atoms with Gasteiger partial charge in [-0.1, -0.05) is 25.1 Å². The van der Waals surface area contributed by atoms with E-state index in [4.69, 9.17) is 5.73 Å². The molecule has 1 aromatic heterocycles. The minimum absolute atomic E-state index is 0.637. The van der Waals surface area contributed by atoms with Gasteiger partial charge in [-0.3, -0.25) is 0 Å². The molecule has 0 radical (unpaired) electrons. The first-order chi connectivity index (χ1) is 7.35. The van der Waals surface area contributed by atoms with E-state index in [-0.39, 0.29) is 0 Å². The number of hydrogen-bond donors (Lipinski definition) is 1. The minimum atomic E-state index is 0.637. The Morgan fingerprint density at radius 2 is 2.27 bits per heavy atom. The molecule has 3 heteroatoms. The molecule has 0 saturated carbocycles. The predicted octanol–water partition coefficient (Wildman–Crippen LogP) is 3.61. The van der Waals surface area contributed by atoms with Crippen molar-refractivity contribution in [2.24, 2.45) is 5.73 Å². The van der Waals surface area contributed by atoms with Crippen LogP contribution in [-0.2, 0) is 12.3 Å². The third-order valence-corrected chi connectivity index (χ3v) is 4.68. The summed E-state index contributed by atoms with van der Waals surface area (Å²) in [7, 11) is 0. The van der Waals surface area contributed by atoms with Gasteiger partial charge in [0.05, 0.1) is 0 Å². The van der Waals surface area contributed by atoms with Crippen molar-refractivity contribution in [2.45, 2.75) is 19.2 Å². The maximum absolute atomic E-state index is 5.73. The van der Waals surface area contributed by atoms with Crippen LogP contribution in [0.4, 0.5) is 0 Å². The number of thioether (sulfide) groups is 1. The maximum atomic E-state index is 5.73. The normalized spacial score (nSPS) is 11.1. The second-order valence-electron chi connectivity index (χ2n) is 3.39. The maximum Gasteiger partial charge on any atom is 0.0390 e. The second kappa shape index (κ2) is 5.01. The highest BCUT2D eigenvalue weighted by molar-refractivity contribution is 7.98. The summed E-state index contributed by atoms with van der Waals surface area (Å²) in [5.41, 5.74) is 7.00. The van der Waals surface area contributed by atoms with E-state index < -0.39 is 0 Å². The van der Waals surface area contributed by atoms with Crippen molar-refractivity contribution in [3.8, 4) is 0 Å². The monoisotopic (exact) mass is 237 g/mol. The van der Waals surface area contributed by atoms with Crippen LogP contribution in [0.3, 0.4) is 0 Å². The average molecular weight is 237 g/mol. The molecule has 2 aromatic rings. The SMILES string of the molecule is CCSCc1cc2cccc(CN)c2s1. The molecule has 0 amide bonds. The lowest BCUT2D eigenvalue weighted by Crippen LogP contribution is -1.95. The Hall–Kier alpha value is -0.510. The molecular formula is C12H15NS2. The summed E-state index contributed by atoms with van der Waals surface area (Å²) in [6.45, 7) is 2.83. The summed E-state index contributed by atoms with van der Waals surface area (Å²) in [5.74, 6) is 2.30. The smallest absolute Gasteiger partial charge is 0.0390 e. The van der Waals surface area contributed by atoms with Crippen LogP contribution >= 0.6 is 23.1 Å². The van der Waals surface area contributed by atoms with Gasteiger partial charge >= 0.3 is 0 Å². The quantitative estimate of drug-likeness (QED) is 0.879. The van der Waals surface area contributed by atoms with Crippen molar-refractivity contribution in [2.75, 3.05) is 5.75 Å². The fourth-order valence-corrected chi connectivity index (χ4v) is 3.56. The van der Waals surface area contributed by atoms with E-state index in [1.54, 1.807) is 0 Å². The minimum Gasteiger partial charge on any atom is -0.326 e. The number of hydrogen-bond acceptors (Lipinski definition) is 3. The largest absolute Gasteiger partial charge is 0.326 e. The van der Waals surface area contributed by atoms with Gasteiger partial charge in [-0.25, -0.2) is 0 Å². The van der Waals surface area contributed by atoms with Gasteiger partial charge in [0.15, 0.2) is 0 Å². The Morgan fingerprint density at radius 3 is 3.00 bits per heavy atom. The van der Waals surface area contributed by atoms with Gasteiger partial charge in [0.2, 0.25) is 0 Å². The molecular weight excluding hydrogens is 222 g/mol. The zero-order chi connectivity index (χ0) is 10.7. The zero-order valence-electron chi connectivity index (χ0n) is 8.82. The number of thiophene rings is 1. The first-order valence-corrected chi connectivity index (χ1v) is 7.10. The molecule has 1 aromatic carbocycles. The fourth-order valence-electron chi connectivity index (χ4n) is 1.61. The van der Waals surface area contributed by atoms with E-state index in [1.165, 1.54) is 26.3 Å². The van der Waals surface area contributed by atoms with Crippen molar-refractivity contribution in [3.05, 3.63) is 34.7 Å². The van der Waals surface area contributed by atoms with Gasteiger partial charge in [0.1, 0.15) is 0 Å². The van der Waals surface area contributed by atoms with Crippen LogP contribution in [0.1, 0.15) is 17.4 Å². The Kier molecular flexibility index (Phi) is 3.67. The van der Waals surface area contributed by atoms with Crippen LogP contribution in [-0.4, -0.2) is 5.75 Å². The van der Waals surface area contributed by atoms with Gasteiger partial charge in [-0.2, -0.15) is 11.8 Å². The van der Waals surface area contributed by atoms with E-state index >= 15 is 0 Å². The lowest BCUT2D eigenvalue weighted by atomic mass is 10.1. The molecule has 0 atom stereocenters. The average Bonchev–Trinajstić information content (AvgIpc) is 2.68. The number of rotatable bonds is 4. The van der Waals surface area contributed by atoms with Crippen LogP contribution in [0.15, 0.2) is 24.3 Å². The van der Waals surface area contributed by atoms with Gasteiger partial charge in [-0.05, 0) is 22.8 Å². The molecule has 0 unspecified atom stereocenters. The van der Waals surface area contributed by atoms with Crippen LogP contribution in [0.5, 0.6) is 0 Å². The number of benzene rings is 1. The first-order valence-electron chi connectivity index (χ1n) is 5.13. The van der Waals surface area contributed by atoms with Crippen molar-refractivity contribution < 1.29 is 0 Å². The second-order valence-corrected chi connectivity index (χ2v) is 5.80. The molecule has 0 bridgehead atoms. The van der Waals surface area contributed by atoms with E-state index in [1.807, 2.05) is 23.1 Å². The molecule has 1 heterocycles. The van der Waals surface area contributed by atoms with Crippen LogP contribution in [0, 0.1) is 0 Å². The first kappa shape index (κ1) is 11.0. The highest BCUT2D eigenvalue weighted by Crippen LogP contribution is 2.30. The van der Waals surface area contributed by atoms with Gasteiger partial charge in [0, 0.05) is 21.9 Å². The molecule has 0 saturated heterocycles. The molecule has 2 N–H and O–H groups in total. The molecule has 0 aliphatic heterocycles. The van der Waals surface area contributed by atoms with Crippen molar-refractivity contribution >= 4 is 33.2 Å². The van der Waals surface area contributed by atoms with Crippen molar-refractivity contribution in [1.29, 1.82) is 0 Å². The van der Waals surface area contributed by atoms with Crippen LogP contribution < -0.4 is 5.73 Å². The van der Waals surface area contributed by atoms with E-state index in [9.17, 15) is 0 Å². The summed E-state index contributed by atoms with van der Waals surface area (Å²) in [5, 5.41) is 1.34. The van der Waals surface area contributed by atoms with Crippen LogP contribution in [0.25, 0.3) is 10.1 Å². The molecule has 0 aliphatic carbocycles. The van der Waals surface area contributed by atoms with Crippen LogP contribution in [0.2, 0.25) is 0 Å². The lowest BCUT2D eigenvalue weighted by Gasteiger charge is -1.96. The van der Waals surface area contributed by atoms with E-state index in [0.717, 1.165) is 5.75 Å². The predicted molar refractivity (Wildman–Crippen MR) is 71.6 cm³/mol. The summed E-state index contributed by atoms with van der Waals surface area (Å²) in [6.07, 6.45) is 0. The Balaban J connectivity index is 2.37. The summed E-state index contributed by atoms with van der Waals surface area (Å²) in [4.78, 5) is 1.46. The highest BCUT2D eigenvalue weighted by Gasteiger charge is 2.04. The molecule has 80 valence electrons.